The number of anilines is 3. The lowest BCUT2D eigenvalue weighted by Gasteiger charge is -2.11. The first-order chi connectivity index (χ1) is 15.8. The lowest BCUT2D eigenvalue weighted by atomic mass is 10.1. The van der Waals surface area contributed by atoms with Gasteiger partial charge >= 0.3 is 0 Å². The van der Waals surface area contributed by atoms with E-state index in [0.29, 0.717) is 35.3 Å². The molecule has 0 aliphatic rings. The molecule has 2 heterocycles. The molecule has 0 atom stereocenters. The second-order valence-corrected chi connectivity index (χ2v) is 7.28. The number of halogens is 1. The quantitative estimate of drug-likeness (QED) is 0.369. The minimum Gasteiger partial charge on any atom is -0.354 e. The summed E-state index contributed by atoms with van der Waals surface area (Å²) in [7, 11) is 0. The predicted molar refractivity (Wildman–Crippen MR) is 125 cm³/mol. The fourth-order valence-corrected chi connectivity index (χ4v) is 3.51. The van der Waals surface area contributed by atoms with Crippen molar-refractivity contribution in [3.8, 4) is 5.69 Å². The molecule has 3 aromatic carbocycles. The number of rotatable bonds is 7. The molecule has 0 spiro atoms. The van der Waals surface area contributed by atoms with Crippen LogP contribution in [-0.2, 0) is 6.42 Å². The standard InChI is InChI=1S/C25H21FN6/c26-20-13-7-8-14-21(20)29-25-30-22-17-28-24(27-16-15-18-9-3-1-4-10-18)31-23(22)32(25)19-11-5-2-6-12-19/h1-14,17H,15-16H2,(H,29,30)(H,27,28,31). The van der Waals surface area contributed by atoms with Gasteiger partial charge in [0.2, 0.25) is 11.9 Å². The fraction of sp³-hybridized carbons (Fsp3) is 0.0800. The number of aromatic nitrogens is 4. The fourth-order valence-electron chi connectivity index (χ4n) is 3.51. The van der Waals surface area contributed by atoms with Crippen LogP contribution in [-0.4, -0.2) is 26.1 Å². The van der Waals surface area contributed by atoms with Crippen molar-refractivity contribution in [3.63, 3.8) is 0 Å². The number of benzene rings is 3. The van der Waals surface area contributed by atoms with Crippen LogP contribution in [0, 0.1) is 5.82 Å². The summed E-state index contributed by atoms with van der Waals surface area (Å²) in [6.45, 7) is 0.704. The monoisotopic (exact) mass is 424 g/mol. The molecule has 158 valence electrons. The van der Waals surface area contributed by atoms with E-state index in [1.807, 2.05) is 53.1 Å². The van der Waals surface area contributed by atoms with Crippen LogP contribution in [0.5, 0.6) is 0 Å². The summed E-state index contributed by atoms with van der Waals surface area (Å²) in [6.07, 6.45) is 2.54. The average Bonchev–Trinajstić information content (AvgIpc) is 3.19. The number of fused-ring (bicyclic) bond motifs is 1. The molecule has 0 unspecified atom stereocenters. The van der Waals surface area contributed by atoms with Crippen LogP contribution in [0.1, 0.15) is 5.56 Å². The van der Waals surface area contributed by atoms with Crippen LogP contribution in [0.4, 0.5) is 22.0 Å². The number of hydrogen-bond donors (Lipinski definition) is 2. The van der Waals surface area contributed by atoms with Crippen molar-refractivity contribution in [2.75, 3.05) is 17.2 Å². The van der Waals surface area contributed by atoms with Crippen LogP contribution in [0.3, 0.4) is 0 Å². The molecule has 0 bridgehead atoms. The summed E-state index contributed by atoms with van der Waals surface area (Å²) >= 11 is 0. The Hall–Kier alpha value is -4.26. The summed E-state index contributed by atoms with van der Waals surface area (Å²) in [6, 6.07) is 26.5. The Kier molecular flexibility index (Phi) is 5.45. The third-order valence-electron chi connectivity index (χ3n) is 5.07. The topological polar surface area (TPSA) is 67.7 Å². The first-order valence-corrected chi connectivity index (χ1v) is 10.4. The highest BCUT2D eigenvalue weighted by molar-refractivity contribution is 5.79. The van der Waals surface area contributed by atoms with Crippen molar-refractivity contribution < 1.29 is 4.39 Å². The van der Waals surface area contributed by atoms with Crippen LogP contribution in [0.25, 0.3) is 16.9 Å². The first kappa shape index (κ1) is 19.7. The Bertz CT molecular complexity index is 1330. The Morgan fingerprint density at radius 1 is 0.812 bits per heavy atom. The average molecular weight is 424 g/mol. The van der Waals surface area contributed by atoms with Crippen LogP contribution in [0.15, 0.2) is 91.1 Å². The van der Waals surface area contributed by atoms with Crippen molar-refractivity contribution in [1.82, 2.24) is 19.5 Å². The molecular weight excluding hydrogens is 403 g/mol. The smallest absolute Gasteiger partial charge is 0.224 e. The van der Waals surface area contributed by atoms with Gasteiger partial charge in [-0.15, -0.1) is 0 Å². The molecule has 0 aliphatic heterocycles. The maximum Gasteiger partial charge on any atom is 0.224 e. The van der Waals surface area contributed by atoms with Crippen molar-refractivity contribution in [3.05, 3.63) is 103 Å². The number of para-hydroxylation sites is 2. The molecule has 2 N–H and O–H groups in total. The minimum atomic E-state index is -0.353. The second-order valence-electron chi connectivity index (χ2n) is 7.28. The molecule has 0 saturated carbocycles. The van der Waals surface area contributed by atoms with Gasteiger partial charge in [0, 0.05) is 6.54 Å². The van der Waals surface area contributed by atoms with Gasteiger partial charge in [0.25, 0.3) is 0 Å². The minimum absolute atomic E-state index is 0.342. The number of nitrogens with zero attached hydrogens (tertiary/aromatic N) is 4. The summed E-state index contributed by atoms with van der Waals surface area (Å²) in [5.74, 6) is 0.628. The van der Waals surface area contributed by atoms with Gasteiger partial charge in [0.15, 0.2) is 5.65 Å². The summed E-state index contributed by atoms with van der Waals surface area (Å²) in [4.78, 5) is 13.7. The van der Waals surface area contributed by atoms with Gasteiger partial charge in [0.05, 0.1) is 17.6 Å². The Labute approximate surface area is 184 Å². The molecule has 7 heteroatoms. The van der Waals surface area contributed by atoms with Gasteiger partial charge in [-0.2, -0.15) is 4.98 Å². The maximum atomic E-state index is 14.3. The third kappa shape index (κ3) is 4.13. The Balaban J connectivity index is 1.49. The molecule has 2 aromatic heterocycles. The molecule has 0 aliphatic carbocycles. The maximum absolute atomic E-state index is 14.3. The summed E-state index contributed by atoms with van der Waals surface area (Å²) in [5, 5.41) is 6.39. The normalized spacial score (nSPS) is 10.9. The van der Waals surface area contributed by atoms with Gasteiger partial charge < -0.3 is 10.6 Å². The Morgan fingerprint density at radius 2 is 1.53 bits per heavy atom. The zero-order valence-electron chi connectivity index (χ0n) is 17.2. The molecule has 0 saturated heterocycles. The van der Waals surface area contributed by atoms with E-state index >= 15 is 0 Å². The van der Waals surface area contributed by atoms with E-state index in [2.05, 4.69) is 32.7 Å². The summed E-state index contributed by atoms with van der Waals surface area (Å²) in [5.41, 5.74) is 3.69. The lowest BCUT2D eigenvalue weighted by Crippen LogP contribution is -2.09. The highest BCUT2D eigenvalue weighted by atomic mass is 19.1. The Morgan fingerprint density at radius 3 is 2.31 bits per heavy atom. The van der Waals surface area contributed by atoms with E-state index in [0.717, 1.165) is 12.1 Å². The van der Waals surface area contributed by atoms with E-state index < -0.39 is 0 Å². The molecule has 5 rings (SSSR count). The number of nitrogens with one attached hydrogen (secondary N) is 2. The highest BCUT2D eigenvalue weighted by Crippen LogP contribution is 2.27. The van der Waals surface area contributed by atoms with E-state index in [4.69, 9.17) is 4.98 Å². The van der Waals surface area contributed by atoms with Crippen LogP contribution < -0.4 is 10.6 Å². The van der Waals surface area contributed by atoms with E-state index in [9.17, 15) is 4.39 Å². The van der Waals surface area contributed by atoms with Crippen molar-refractivity contribution >= 4 is 28.7 Å². The van der Waals surface area contributed by atoms with E-state index in [1.165, 1.54) is 11.6 Å². The van der Waals surface area contributed by atoms with Crippen molar-refractivity contribution in [2.24, 2.45) is 0 Å². The lowest BCUT2D eigenvalue weighted by molar-refractivity contribution is 0.631. The molecular formula is C25H21FN6. The van der Waals surface area contributed by atoms with Gasteiger partial charge in [-0.3, -0.25) is 4.57 Å². The molecule has 6 nitrogen and oxygen atoms in total. The molecule has 0 amide bonds. The zero-order chi connectivity index (χ0) is 21.8. The zero-order valence-corrected chi connectivity index (χ0v) is 17.2. The van der Waals surface area contributed by atoms with Crippen LogP contribution in [0.2, 0.25) is 0 Å². The van der Waals surface area contributed by atoms with Crippen LogP contribution >= 0.6 is 0 Å². The first-order valence-electron chi connectivity index (χ1n) is 10.4. The highest BCUT2D eigenvalue weighted by Gasteiger charge is 2.16. The summed E-state index contributed by atoms with van der Waals surface area (Å²) < 4.78 is 16.1. The molecule has 5 aromatic rings. The third-order valence-corrected chi connectivity index (χ3v) is 5.07. The number of imidazole rings is 1. The molecule has 32 heavy (non-hydrogen) atoms. The van der Waals surface area contributed by atoms with Crippen molar-refractivity contribution in [1.29, 1.82) is 0 Å². The molecule has 0 radical (unpaired) electrons. The van der Waals surface area contributed by atoms with Gasteiger partial charge in [-0.25, -0.2) is 14.4 Å². The van der Waals surface area contributed by atoms with Crippen molar-refractivity contribution in [2.45, 2.75) is 6.42 Å². The molecule has 0 fully saturated rings. The van der Waals surface area contributed by atoms with Gasteiger partial charge in [-0.05, 0) is 36.2 Å². The van der Waals surface area contributed by atoms with Gasteiger partial charge in [0.1, 0.15) is 11.3 Å². The van der Waals surface area contributed by atoms with E-state index in [-0.39, 0.29) is 5.82 Å². The van der Waals surface area contributed by atoms with E-state index in [1.54, 1.807) is 24.4 Å². The predicted octanol–water partition coefficient (Wildman–Crippen LogP) is 5.35. The SMILES string of the molecule is Fc1ccccc1Nc1nc2cnc(NCCc3ccccc3)nc2n1-c1ccccc1. The largest absolute Gasteiger partial charge is 0.354 e. The van der Waals surface area contributed by atoms with Gasteiger partial charge in [-0.1, -0.05) is 60.7 Å². The second kappa shape index (κ2) is 8.85. The number of hydrogen-bond acceptors (Lipinski definition) is 5.